The molecule has 2 aliphatic rings. The lowest BCUT2D eigenvalue weighted by atomic mass is 9.93. The number of aromatic nitrogens is 4. The van der Waals surface area contributed by atoms with Crippen LogP contribution in [-0.2, 0) is 17.8 Å². The summed E-state index contributed by atoms with van der Waals surface area (Å²) in [7, 11) is 3.28. The molecule has 9 heteroatoms. The summed E-state index contributed by atoms with van der Waals surface area (Å²) in [5, 5.41) is 12.9. The number of anilines is 1. The maximum absolute atomic E-state index is 13.4. The van der Waals surface area contributed by atoms with Gasteiger partial charge in [0.1, 0.15) is 0 Å². The summed E-state index contributed by atoms with van der Waals surface area (Å²) >= 11 is 0. The van der Waals surface area contributed by atoms with Crippen molar-refractivity contribution in [2.24, 2.45) is 5.92 Å². The molecule has 1 amide bonds. The van der Waals surface area contributed by atoms with Gasteiger partial charge in [-0.05, 0) is 60.7 Å². The average molecular weight is 449 g/mol. The molecule has 0 aliphatic carbocycles. The first kappa shape index (κ1) is 21.2. The van der Waals surface area contributed by atoms with E-state index in [4.69, 9.17) is 9.47 Å². The fourth-order valence-corrected chi connectivity index (χ4v) is 4.73. The van der Waals surface area contributed by atoms with Gasteiger partial charge in [-0.1, -0.05) is 0 Å². The molecule has 1 saturated heterocycles. The molecule has 2 aliphatic heterocycles. The quantitative estimate of drug-likeness (QED) is 0.593. The zero-order chi connectivity index (χ0) is 22.8. The minimum Gasteiger partial charge on any atom is -0.493 e. The van der Waals surface area contributed by atoms with Crippen LogP contribution in [0, 0.1) is 5.92 Å². The topological polar surface area (TPSA) is 85.6 Å². The number of carbonyl (C=O) groups excluding carboxylic acids is 1. The van der Waals surface area contributed by atoms with Crippen molar-refractivity contribution >= 4 is 11.7 Å². The van der Waals surface area contributed by atoms with Crippen LogP contribution in [-0.4, -0.2) is 64.6 Å². The van der Waals surface area contributed by atoms with E-state index in [1.54, 1.807) is 25.1 Å². The average Bonchev–Trinajstić information content (AvgIpc) is 3.42. The Labute approximate surface area is 192 Å². The highest BCUT2D eigenvalue weighted by atomic mass is 16.5. The standard InChI is InChI=1S/C24H28N6O3/c1-32-20-13-17-8-12-29(16-19(17)14-21(20)33-2)24(31)18-5-3-10-28(15-18)22-6-7-23(27-26-22)30-11-4-9-25-30/h4,6-7,9,11,13-14,18H,3,5,8,10,12,15-16H2,1-2H3. The molecule has 1 atom stereocenters. The highest BCUT2D eigenvalue weighted by Crippen LogP contribution is 2.34. The summed E-state index contributed by atoms with van der Waals surface area (Å²) in [6, 6.07) is 9.74. The van der Waals surface area contributed by atoms with Crippen LogP contribution in [0.15, 0.2) is 42.7 Å². The van der Waals surface area contributed by atoms with Crippen LogP contribution in [0.1, 0.15) is 24.0 Å². The minimum absolute atomic E-state index is 0.0481. The summed E-state index contributed by atoms with van der Waals surface area (Å²) in [4.78, 5) is 17.6. The van der Waals surface area contributed by atoms with Crippen molar-refractivity contribution in [1.82, 2.24) is 24.9 Å². The Balaban J connectivity index is 1.27. The van der Waals surface area contributed by atoms with Gasteiger partial charge in [-0.3, -0.25) is 4.79 Å². The zero-order valence-electron chi connectivity index (χ0n) is 19.0. The molecule has 1 unspecified atom stereocenters. The van der Waals surface area contributed by atoms with Gasteiger partial charge in [0.15, 0.2) is 23.1 Å². The highest BCUT2D eigenvalue weighted by molar-refractivity contribution is 5.80. The van der Waals surface area contributed by atoms with Gasteiger partial charge in [0.25, 0.3) is 0 Å². The number of benzene rings is 1. The predicted molar refractivity (Wildman–Crippen MR) is 123 cm³/mol. The number of nitrogens with zero attached hydrogens (tertiary/aromatic N) is 6. The molecule has 5 rings (SSSR count). The lowest BCUT2D eigenvalue weighted by Gasteiger charge is -2.37. The second-order valence-corrected chi connectivity index (χ2v) is 8.47. The third-order valence-electron chi connectivity index (χ3n) is 6.50. The lowest BCUT2D eigenvalue weighted by Crippen LogP contribution is -2.46. The molecule has 0 bridgehead atoms. The normalized spacial score (nSPS) is 18.1. The van der Waals surface area contributed by atoms with Crippen LogP contribution < -0.4 is 14.4 Å². The Morgan fingerprint density at radius 1 is 1.03 bits per heavy atom. The van der Waals surface area contributed by atoms with Crippen LogP contribution in [0.2, 0.25) is 0 Å². The first-order chi connectivity index (χ1) is 16.2. The van der Waals surface area contributed by atoms with E-state index in [-0.39, 0.29) is 11.8 Å². The Morgan fingerprint density at radius 3 is 2.48 bits per heavy atom. The third kappa shape index (κ3) is 4.22. The Hall–Kier alpha value is -3.62. The second kappa shape index (κ2) is 9.09. The molecule has 0 spiro atoms. The predicted octanol–water partition coefficient (Wildman–Crippen LogP) is 2.48. The van der Waals surface area contributed by atoms with Crippen LogP contribution >= 0.6 is 0 Å². The van der Waals surface area contributed by atoms with Crippen molar-refractivity contribution in [1.29, 1.82) is 0 Å². The molecule has 1 aromatic carbocycles. The number of carbonyl (C=O) groups is 1. The van der Waals surface area contributed by atoms with Gasteiger partial charge in [-0.25, -0.2) is 4.68 Å². The molecule has 2 aromatic heterocycles. The van der Waals surface area contributed by atoms with E-state index in [9.17, 15) is 4.79 Å². The number of amides is 1. The number of hydrogen-bond donors (Lipinski definition) is 0. The molecule has 1 fully saturated rings. The lowest BCUT2D eigenvalue weighted by molar-refractivity contribution is -0.136. The van der Waals surface area contributed by atoms with E-state index in [2.05, 4.69) is 20.2 Å². The zero-order valence-corrected chi connectivity index (χ0v) is 19.0. The van der Waals surface area contributed by atoms with Crippen molar-refractivity contribution < 1.29 is 14.3 Å². The maximum atomic E-state index is 13.4. The fourth-order valence-electron chi connectivity index (χ4n) is 4.73. The second-order valence-electron chi connectivity index (χ2n) is 8.47. The first-order valence-corrected chi connectivity index (χ1v) is 11.3. The van der Waals surface area contributed by atoms with E-state index in [0.717, 1.165) is 49.5 Å². The molecule has 0 saturated carbocycles. The van der Waals surface area contributed by atoms with Gasteiger partial charge in [0, 0.05) is 38.6 Å². The number of piperidine rings is 1. The van der Waals surface area contributed by atoms with Crippen molar-refractivity contribution in [2.45, 2.75) is 25.8 Å². The third-order valence-corrected chi connectivity index (χ3v) is 6.50. The van der Waals surface area contributed by atoms with Gasteiger partial charge in [-0.2, -0.15) is 5.10 Å². The van der Waals surface area contributed by atoms with Gasteiger partial charge in [0.2, 0.25) is 5.91 Å². The largest absolute Gasteiger partial charge is 0.493 e. The van der Waals surface area contributed by atoms with E-state index < -0.39 is 0 Å². The SMILES string of the molecule is COc1cc2c(cc1OC)CN(C(=O)C1CCCN(c3ccc(-n4cccn4)nn3)C1)CC2. The molecule has 33 heavy (non-hydrogen) atoms. The molecule has 172 valence electrons. The molecular formula is C24H28N6O3. The summed E-state index contributed by atoms with van der Waals surface area (Å²) in [6.07, 6.45) is 6.21. The summed E-state index contributed by atoms with van der Waals surface area (Å²) < 4.78 is 12.6. The Morgan fingerprint density at radius 2 is 1.79 bits per heavy atom. The van der Waals surface area contributed by atoms with Crippen molar-refractivity contribution in [3.8, 4) is 17.3 Å². The Bertz CT molecular complexity index is 1120. The smallest absolute Gasteiger partial charge is 0.227 e. The van der Waals surface area contributed by atoms with Crippen LogP contribution in [0.4, 0.5) is 5.82 Å². The van der Waals surface area contributed by atoms with E-state index in [1.807, 2.05) is 41.4 Å². The summed E-state index contributed by atoms with van der Waals surface area (Å²) in [5.41, 5.74) is 2.34. The van der Waals surface area contributed by atoms with Crippen LogP contribution in [0.5, 0.6) is 11.5 Å². The van der Waals surface area contributed by atoms with Crippen molar-refractivity contribution in [2.75, 3.05) is 38.8 Å². The molecular weight excluding hydrogens is 420 g/mol. The van der Waals surface area contributed by atoms with Gasteiger partial charge in [-0.15, -0.1) is 10.2 Å². The van der Waals surface area contributed by atoms with Crippen molar-refractivity contribution in [3.05, 3.63) is 53.9 Å². The molecule has 0 radical (unpaired) electrons. The van der Waals surface area contributed by atoms with Crippen molar-refractivity contribution in [3.63, 3.8) is 0 Å². The Kier molecular flexibility index (Phi) is 5.85. The minimum atomic E-state index is -0.0481. The molecule has 0 N–H and O–H groups in total. The number of rotatable bonds is 5. The van der Waals surface area contributed by atoms with Crippen LogP contribution in [0.25, 0.3) is 5.82 Å². The first-order valence-electron chi connectivity index (χ1n) is 11.3. The maximum Gasteiger partial charge on any atom is 0.227 e. The monoisotopic (exact) mass is 448 g/mol. The van der Waals surface area contributed by atoms with E-state index in [1.165, 1.54) is 5.56 Å². The van der Waals surface area contributed by atoms with Gasteiger partial charge >= 0.3 is 0 Å². The summed E-state index contributed by atoms with van der Waals surface area (Å²) in [6.45, 7) is 2.85. The fraction of sp³-hybridized carbons (Fsp3) is 0.417. The number of ether oxygens (including phenoxy) is 2. The number of methoxy groups -OCH3 is 2. The molecule has 4 heterocycles. The molecule has 3 aromatic rings. The molecule has 9 nitrogen and oxygen atoms in total. The van der Waals surface area contributed by atoms with Gasteiger partial charge in [0.05, 0.1) is 20.1 Å². The number of fused-ring (bicyclic) bond motifs is 1. The van der Waals surface area contributed by atoms with Gasteiger partial charge < -0.3 is 19.3 Å². The van der Waals surface area contributed by atoms with Crippen LogP contribution in [0.3, 0.4) is 0 Å². The highest BCUT2D eigenvalue weighted by Gasteiger charge is 2.32. The number of hydrogen-bond acceptors (Lipinski definition) is 7. The summed E-state index contributed by atoms with van der Waals surface area (Å²) in [5.74, 6) is 3.07. The van der Waals surface area contributed by atoms with E-state index in [0.29, 0.717) is 24.7 Å². The van der Waals surface area contributed by atoms with E-state index >= 15 is 0 Å².